The van der Waals surface area contributed by atoms with Gasteiger partial charge in [0.1, 0.15) is 12.6 Å². The van der Waals surface area contributed by atoms with E-state index in [1.807, 2.05) is 0 Å². The third-order valence-electron chi connectivity index (χ3n) is 3.37. The van der Waals surface area contributed by atoms with Crippen molar-refractivity contribution in [1.82, 2.24) is 19.9 Å². The van der Waals surface area contributed by atoms with Gasteiger partial charge in [0.2, 0.25) is 5.91 Å². The fraction of sp³-hybridized carbons (Fsp3) is 0.615. The zero-order valence-electron chi connectivity index (χ0n) is 13.0. The monoisotopic (exact) mass is 325 g/mol. The maximum atomic E-state index is 12.3. The summed E-state index contributed by atoms with van der Waals surface area (Å²) in [6, 6.07) is -0.555. The molecule has 0 aromatic carbocycles. The summed E-state index contributed by atoms with van der Waals surface area (Å²) in [5.74, 6) is -0.521. The van der Waals surface area contributed by atoms with Crippen LogP contribution in [0.25, 0.3) is 0 Å². The van der Waals surface area contributed by atoms with Crippen LogP contribution in [0.1, 0.15) is 19.8 Å². The van der Waals surface area contributed by atoms with Gasteiger partial charge in [0.25, 0.3) is 0 Å². The summed E-state index contributed by atoms with van der Waals surface area (Å²) in [4.78, 5) is 37.8. The summed E-state index contributed by atoms with van der Waals surface area (Å²) in [6.07, 6.45) is 2.00. The summed E-state index contributed by atoms with van der Waals surface area (Å²) in [6.45, 7) is 2.29. The van der Waals surface area contributed by atoms with Crippen molar-refractivity contribution in [2.45, 2.75) is 32.4 Å². The van der Waals surface area contributed by atoms with Gasteiger partial charge in [0.15, 0.2) is 5.82 Å². The van der Waals surface area contributed by atoms with Crippen LogP contribution < -0.4 is 5.32 Å². The van der Waals surface area contributed by atoms with Crippen molar-refractivity contribution < 1.29 is 23.9 Å². The molecule has 2 amide bonds. The molecule has 1 aromatic heterocycles. The van der Waals surface area contributed by atoms with Crippen molar-refractivity contribution in [2.24, 2.45) is 0 Å². The normalized spacial score (nSPS) is 17.0. The molecular weight excluding hydrogens is 306 g/mol. The second-order valence-electron chi connectivity index (χ2n) is 4.87. The number of nitrogens with zero attached hydrogens (tertiary/aromatic N) is 4. The number of nitrogens with one attached hydrogen (secondary N) is 1. The van der Waals surface area contributed by atoms with Gasteiger partial charge in [-0.05, 0) is 19.8 Å². The number of rotatable bonds is 5. The molecule has 1 aromatic rings. The van der Waals surface area contributed by atoms with E-state index in [4.69, 9.17) is 9.47 Å². The third-order valence-corrected chi connectivity index (χ3v) is 3.37. The summed E-state index contributed by atoms with van der Waals surface area (Å²) in [5, 5.41) is 10.3. The predicted molar refractivity (Wildman–Crippen MR) is 77.4 cm³/mol. The van der Waals surface area contributed by atoms with Gasteiger partial charge in [-0.3, -0.25) is 10.1 Å². The smallest absolute Gasteiger partial charge is 0.412 e. The van der Waals surface area contributed by atoms with Crippen molar-refractivity contribution in [3.8, 4) is 0 Å². The van der Waals surface area contributed by atoms with Crippen LogP contribution in [-0.4, -0.2) is 64.2 Å². The van der Waals surface area contributed by atoms with Gasteiger partial charge < -0.3 is 14.4 Å². The average molecular weight is 325 g/mol. The average Bonchev–Trinajstić information content (AvgIpc) is 3.16. The van der Waals surface area contributed by atoms with E-state index < -0.39 is 18.1 Å². The van der Waals surface area contributed by atoms with E-state index >= 15 is 0 Å². The maximum Gasteiger partial charge on any atom is 0.412 e. The number of methoxy groups -OCH3 is 1. The predicted octanol–water partition coefficient (Wildman–Crippen LogP) is 0.0105. The van der Waals surface area contributed by atoms with E-state index in [9.17, 15) is 14.4 Å². The standard InChI is InChI=1S/C13H19N5O5/c1-3-23-13(21)15-10-7-14-18(16-10)8-11(19)17-6-4-5-9(17)12(20)22-2/h7,9H,3-6,8H2,1-2H3,(H,15,16,21). The molecule has 0 saturated carbocycles. The van der Waals surface area contributed by atoms with Crippen molar-refractivity contribution in [3.05, 3.63) is 6.20 Å². The minimum atomic E-state index is -0.642. The third kappa shape index (κ3) is 4.18. The van der Waals surface area contributed by atoms with E-state index in [0.29, 0.717) is 13.0 Å². The lowest BCUT2D eigenvalue weighted by atomic mass is 10.2. The second kappa shape index (κ2) is 7.56. The summed E-state index contributed by atoms with van der Waals surface area (Å²) >= 11 is 0. The molecule has 1 aliphatic heterocycles. The topological polar surface area (TPSA) is 116 Å². The molecule has 0 aliphatic carbocycles. The van der Waals surface area contributed by atoms with E-state index in [1.54, 1.807) is 6.92 Å². The zero-order chi connectivity index (χ0) is 16.8. The van der Waals surface area contributed by atoms with Gasteiger partial charge in [-0.2, -0.15) is 9.90 Å². The molecule has 23 heavy (non-hydrogen) atoms. The van der Waals surface area contributed by atoms with Crippen LogP contribution in [0.5, 0.6) is 0 Å². The molecule has 1 unspecified atom stereocenters. The Kier molecular flexibility index (Phi) is 5.50. The zero-order valence-corrected chi connectivity index (χ0v) is 13.0. The van der Waals surface area contributed by atoms with Crippen LogP contribution in [0.15, 0.2) is 6.20 Å². The highest BCUT2D eigenvalue weighted by molar-refractivity contribution is 5.85. The van der Waals surface area contributed by atoms with Gasteiger partial charge in [-0.25, -0.2) is 9.59 Å². The number of likely N-dealkylation sites (tertiary alicyclic amines) is 1. The summed E-state index contributed by atoms with van der Waals surface area (Å²) < 4.78 is 9.42. The van der Waals surface area contributed by atoms with E-state index in [1.165, 1.54) is 18.2 Å². The van der Waals surface area contributed by atoms with Crippen LogP contribution in [0.4, 0.5) is 10.6 Å². The van der Waals surface area contributed by atoms with Crippen LogP contribution in [0, 0.1) is 0 Å². The van der Waals surface area contributed by atoms with Gasteiger partial charge in [0.05, 0.1) is 19.9 Å². The van der Waals surface area contributed by atoms with Gasteiger partial charge in [0, 0.05) is 6.54 Å². The lowest BCUT2D eigenvalue weighted by Crippen LogP contribution is -2.42. The first-order valence-corrected chi connectivity index (χ1v) is 7.26. The quantitative estimate of drug-likeness (QED) is 0.758. The van der Waals surface area contributed by atoms with Crippen molar-refractivity contribution in [1.29, 1.82) is 0 Å². The largest absolute Gasteiger partial charge is 0.467 e. The molecule has 1 atom stereocenters. The van der Waals surface area contributed by atoms with E-state index in [-0.39, 0.29) is 24.9 Å². The molecular formula is C13H19N5O5. The van der Waals surface area contributed by atoms with Crippen molar-refractivity contribution in [2.75, 3.05) is 25.6 Å². The summed E-state index contributed by atoms with van der Waals surface area (Å²) in [5.41, 5.74) is 0. The molecule has 0 radical (unpaired) electrons. The highest BCUT2D eigenvalue weighted by Gasteiger charge is 2.34. The Morgan fingerprint density at radius 1 is 1.43 bits per heavy atom. The minimum Gasteiger partial charge on any atom is -0.467 e. The molecule has 126 valence electrons. The second-order valence-corrected chi connectivity index (χ2v) is 4.87. The Bertz CT molecular complexity index is 587. The molecule has 10 nitrogen and oxygen atoms in total. The van der Waals surface area contributed by atoms with Gasteiger partial charge in [-0.1, -0.05) is 0 Å². The molecule has 2 rings (SSSR count). The Labute approximate surface area is 132 Å². The number of carbonyl (C=O) groups is 3. The number of aromatic nitrogens is 3. The fourth-order valence-electron chi connectivity index (χ4n) is 2.36. The molecule has 0 bridgehead atoms. The molecule has 1 fully saturated rings. The first-order chi connectivity index (χ1) is 11.0. The Morgan fingerprint density at radius 3 is 2.91 bits per heavy atom. The maximum absolute atomic E-state index is 12.3. The number of carbonyl (C=O) groups excluding carboxylic acids is 3. The Hall–Kier alpha value is -2.65. The van der Waals surface area contributed by atoms with Crippen LogP contribution >= 0.6 is 0 Å². The van der Waals surface area contributed by atoms with E-state index in [2.05, 4.69) is 15.5 Å². The number of hydrogen-bond donors (Lipinski definition) is 1. The SMILES string of the molecule is CCOC(=O)Nc1cnn(CC(=O)N2CCCC2C(=O)OC)n1. The Balaban J connectivity index is 1.94. The molecule has 1 aliphatic rings. The first kappa shape index (κ1) is 16.7. The van der Waals surface area contributed by atoms with Crippen molar-refractivity contribution in [3.63, 3.8) is 0 Å². The highest BCUT2D eigenvalue weighted by atomic mass is 16.5. The van der Waals surface area contributed by atoms with Crippen LogP contribution in [-0.2, 0) is 25.6 Å². The molecule has 1 saturated heterocycles. The lowest BCUT2D eigenvalue weighted by molar-refractivity contribution is -0.151. The molecule has 1 N–H and O–H groups in total. The van der Waals surface area contributed by atoms with Crippen LogP contribution in [0.2, 0.25) is 0 Å². The lowest BCUT2D eigenvalue weighted by Gasteiger charge is -2.22. The Morgan fingerprint density at radius 2 is 2.22 bits per heavy atom. The molecule has 0 spiro atoms. The molecule has 2 heterocycles. The number of ether oxygens (including phenoxy) is 2. The number of anilines is 1. The highest BCUT2D eigenvalue weighted by Crippen LogP contribution is 2.18. The van der Waals surface area contributed by atoms with Crippen LogP contribution in [0.3, 0.4) is 0 Å². The van der Waals surface area contributed by atoms with E-state index in [0.717, 1.165) is 11.2 Å². The summed E-state index contributed by atoms with van der Waals surface area (Å²) in [7, 11) is 1.30. The first-order valence-electron chi connectivity index (χ1n) is 7.26. The van der Waals surface area contributed by atoms with Gasteiger partial charge in [-0.15, -0.1) is 5.10 Å². The number of esters is 1. The van der Waals surface area contributed by atoms with Crippen molar-refractivity contribution >= 4 is 23.8 Å². The van der Waals surface area contributed by atoms with Gasteiger partial charge >= 0.3 is 12.1 Å². The fourth-order valence-corrected chi connectivity index (χ4v) is 2.36. The number of hydrogen-bond acceptors (Lipinski definition) is 7. The minimum absolute atomic E-state index is 0.127. The number of amides is 2. The molecule has 10 heteroatoms.